The van der Waals surface area contributed by atoms with Gasteiger partial charge in [-0.15, -0.1) is 0 Å². The molecule has 2 aromatic rings. The van der Waals surface area contributed by atoms with Crippen LogP contribution in [0.2, 0.25) is 0 Å². The van der Waals surface area contributed by atoms with Gasteiger partial charge in [0, 0.05) is 0 Å². The van der Waals surface area contributed by atoms with Crippen LogP contribution in [-0.2, 0) is 0 Å². The lowest BCUT2D eigenvalue weighted by atomic mass is 10.2. The number of rotatable bonds is 2. The van der Waals surface area contributed by atoms with Gasteiger partial charge in [0.25, 0.3) is 0 Å². The van der Waals surface area contributed by atoms with Crippen molar-refractivity contribution in [1.29, 1.82) is 0 Å². The summed E-state index contributed by atoms with van der Waals surface area (Å²) in [5.74, 6) is -0.432. The molecular formula is C11H8BrFN2O. The van der Waals surface area contributed by atoms with Gasteiger partial charge in [0.2, 0.25) is 0 Å². The maximum atomic E-state index is 13.0. The molecule has 3 nitrogen and oxygen atoms in total. The molecule has 0 saturated carbocycles. The number of nitrogens with zero attached hydrogens (tertiary/aromatic N) is 2. The van der Waals surface area contributed by atoms with Crippen LogP contribution in [0.4, 0.5) is 4.39 Å². The molecule has 2 rings (SSSR count). The fraction of sp³-hybridized carbons (Fsp3) is 0.0909. The molecule has 5 heteroatoms. The average Bonchev–Trinajstić information content (AvgIpc) is 2.60. The van der Waals surface area contributed by atoms with Crippen LogP contribution in [0, 0.1) is 5.82 Å². The van der Waals surface area contributed by atoms with Crippen molar-refractivity contribution in [3.05, 3.63) is 46.4 Å². The zero-order valence-electron chi connectivity index (χ0n) is 8.45. The number of carbonyl (C=O) groups is 1. The smallest absolute Gasteiger partial charge is 0.164 e. The summed E-state index contributed by atoms with van der Waals surface area (Å²) in [6.45, 7) is 1.46. The summed E-state index contributed by atoms with van der Waals surface area (Å²) >= 11 is 3.27. The third-order valence-electron chi connectivity index (χ3n) is 2.14. The van der Waals surface area contributed by atoms with Gasteiger partial charge in [-0.05, 0) is 41.1 Å². The number of benzene rings is 1. The first-order valence-corrected chi connectivity index (χ1v) is 5.39. The highest BCUT2D eigenvalue weighted by Gasteiger charge is 2.12. The molecule has 0 unspecified atom stereocenters. The van der Waals surface area contributed by atoms with Crippen molar-refractivity contribution < 1.29 is 9.18 Å². The van der Waals surface area contributed by atoms with Gasteiger partial charge in [0.15, 0.2) is 5.78 Å². The topological polar surface area (TPSA) is 34.9 Å². The third-order valence-corrected chi connectivity index (χ3v) is 2.91. The van der Waals surface area contributed by atoms with E-state index >= 15 is 0 Å². The second kappa shape index (κ2) is 4.17. The Morgan fingerprint density at radius 1 is 1.50 bits per heavy atom. The van der Waals surface area contributed by atoms with Crippen molar-refractivity contribution >= 4 is 21.7 Å². The molecule has 0 spiro atoms. The lowest BCUT2D eigenvalue weighted by Gasteiger charge is -2.03. The van der Waals surface area contributed by atoms with E-state index in [-0.39, 0.29) is 11.6 Å². The van der Waals surface area contributed by atoms with Gasteiger partial charge < -0.3 is 0 Å². The van der Waals surface area contributed by atoms with Crippen molar-refractivity contribution in [2.24, 2.45) is 0 Å². The van der Waals surface area contributed by atoms with Gasteiger partial charge >= 0.3 is 0 Å². The Balaban J connectivity index is 2.53. The highest BCUT2D eigenvalue weighted by atomic mass is 79.9. The van der Waals surface area contributed by atoms with Gasteiger partial charge in [0.05, 0.1) is 17.4 Å². The molecule has 0 bridgehead atoms. The maximum absolute atomic E-state index is 13.0. The van der Waals surface area contributed by atoms with E-state index in [4.69, 9.17) is 0 Å². The second-order valence-corrected chi connectivity index (χ2v) is 4.05. The second-order valence-electron chi connectivity index (χ2n) is 3.30. The van der Waals surface area contributed by atoms with Crippen LogP contribution in [0.5, 0.6) is 0 Å². The molecule has 0 aliphatic rings. The Morgan fingerprint density at radius 2 is 2.25 bits per heavy atom. The number of ketones is 1. The molecule has 0 aliphatic carbocycles. The summed E-state index contributed by atoms with van der Waals surface area (Å²) < 4.78 is 15.0. The molecule has 0 saturated heterocycles. The zero-order chi connectivity index (χ0) is 11.7. The highest BCUT2D eigenvalue weighted by molar-refractivity contribution is 9.10. The minimum Gasteiger partial charge on any atom is -0.294 e. The predicted molar refractivity (Wildman–Crippen MR) is 61.2 cm³/mol. The molecule has 0 aliphatic heterocycles. The van der Waals surface area contributed by atoms with Crippen LogP contribution in [-0.4, -0.2) is 15.6 Å². The van der Waals surface area contributed by atoms with Gasteiger partial charge in [-0.3, -0.25) is 4.79 Å². The fourth-order valence-electron chi connectivity index (χ4n) is 1.36. The SMILES string of the molecule is CC(=O)c1cnn(-c2cccc(F)c2)c1Br. The Hall–Kier alpha value is -1.49. The predicted octanol–water partition coefficient (Wildman–Crippen LogP) is 2.98. The zero-order valence-corrected chi connectivity index (χ0v) is 10.0. The molecular weight excluding hydrogens is 275 g/mol. The van der Waals surface area contributed by atoms with Gasteiger partial charge in [-0.1, -0.05) is 6.07 Å². The number of carbonyl (C=O) groups excluding carboxylic acids is 1. The molecule has 0 fully saturated rings. The summed E-state index contributed by atoms with van der Waals surface area (Å²) in [6.07, 6.45) is 1.46. The number of halogens is 2. The van der Waals surface area contributed by atoms with Gasteiger partial charge in [-0.2, -0.15) is 5.10 Å². The van der Waals surface area contributed by atoms with Crippen LogP contribution in [0.1, 0.15) is 17.3 Å². The molecule has 0 N–H and O–H groups in total. The lowest BCUT2D eigenvalue weighted by Crippen LogP contribution is -1.98. The van der Waals surface area contributed by atoms with Crippen molar-refractivity contribution in [2.75, 3.05) is 0 Å². The maximum Gasteiger partial charge on any atom is 0.164 e. The van der Waals surface area contributed by atoms with Crippen LogP contribution in [0.15, 0.2) is 35.1 Å². The number of Topliss-reactive ketones (excluding diaryl/α,β-unsaturated/α-hetero) is 1. The Bertz CT molecular complexity index is 551. The van der Waals surface area contributed by atoms with E-state index in [2.05, 4.69) is 21.0 Å². The van der Waals surface area contributed by atoms with E-state index < -0.39 is 0 Å². The molecule has 82 valence electrons. The Labute approximate surface area is 100 Å². The largest absolute Gasteiger partial charge is 0.294 e. The standard InChI is InChI=1S/C11H8BrFN2O/c1-7(16)10-6-14-15(11(10)12)9-4-2-3-8(13)5-9/h2-6H,1H3. The minimum absolute atomic E-state index is 0.0884. The molecule has 0 radical (unpaired) electrons. The van der Waals surface area contributed by atoms with Crippen LogP contribution >= 0.6 is 15.9 Å². The van der Waals surface area contributed by atoms with Crippen LogP contribution in [0.3, 0.4) is 0 Å². The van der Waals surface area contributed by atoms with E-state index in [1.165, 1.54) is 29.9 Å². The first kappa shape index (κ1) is 11.0. The Morgan fingerprint density at radius 3 is 2.81 bits per heavy atom. The summed E-state index contributed by atoms with van der Waals surface area (Å²) in [4.78, 5) is 11.2. The molecule has 1 heterocycles. The van der Waals surface area contributed by atoms with Crippen molar-refractivity contribution in [3.63, 3.8) is 0 Å². The van der Waals surface area contributed by atoms with Crippen molar-refractivity contribution in [1.82, 2.24) is 9.78 Å². The quantitative estimate of drug-likeness (QED) is 0.794. The van der Waals surface area contributed by atoms with Crippen LogP contribution < -0.4 is 0 Å². The van der Waals surface area contributed by atoms with Crippen LogP contribution in [0.25, 0.3) is 5.69 Å². The summed E-state index contributed by atoms with van der Waals surface area (Å²) in [7, 11) is 0. The lowest BCUT2D eigenvalue weighted by molar-refractivity contribution is 0.101. The van der Waals surface area contributed by atoms with Gasteiger partial charge in [0.1, 0.15) is 10.4 Å². The molecule has 0 atom stereocenters. The monoisotopic (exact) mass is 282 g/mol. The van der Waals surface area contributed by atoms with E-state index in [1.807, 2.05) is 0 Å². The normalized spacial score (nSPS) is 10.4. The van der Waals surface area contributed by atoms with E-state index in [9.17, 15) is 9.18 Å². The number of aromatic nitrogens is 2. The van der Waals surface area contributed by atoms with Crippen molar-refractivity contribution in [3.8, 4) is 5.69 Å². The average molecular weight is 283 g/mol. The number of hydrogen-bond donors (Lipinski definition) is 0. The summed E-state index contributed by atoms with van der Waals surface area (Å²) in [5.41, 5.74) is 1.05. The highest BCUT2D eigenvalue weighted by Crippen LogP contribution is 2.21. The van der Waals surface area contributed by atoms with E-state index in [1.54, 1.807) is 12.1 Å². The van der Waals surface area contributed by atoms with Gasteiger partial charge in [-0.25, -0.2) is 9.07 Å². The van der Waals surface area contributed by atoms with Crippen molar-refractivity contribution in [2.45, 2.75) is 6.92 Å². The molecule has 0 amide bonds. The summed E-state index contributed by atoms with van der Waals surface area (Å²) in [6, 6.07) is 6.01. The molecule has 1 aromatic carbocycles. The Kier molecular flexibility index (Phi) is 2.87. The first-order chi connectivity index (χ1) is 7.59. The third kappa shape index (κ3) is 1.90. The first-order valence-electron chi connectivity index (χ1n) is 4.60. The van der Waals surface area contributed by atoms with E-state index in [0.717, 1.165) is 0 Å². The summed E-state index contributed by atoms with van der Waals surface area (Å²) in [5, 5.41) is 4.03. The van der Waals surface area contributed by atoms with E-state index in [0.29, 0.717) is 15.9 Å². The minimum atomic E-state index is -0.343. The number of hydrogen-bond acceptors (Lipinski definition) is 2. The molecule has 16 heavy (non-hydrogen) atoms. The fourth-order valence-corrected chi connectivity index (χ4v) is 2.04. The molecule has 1 aromatic heterocycles.